The highest BCUT2D eigenvalue weighted by Crippen LogP contribution is 2.36. The molecule has 1 saturated heterocycles. The third-order valence-electron chi connectivity index (χ3n) is 3.65. The number of halogens is 1. The molecule has 0 N–H and O–H groups in total. The topological polar surface area (TPSA) is 55.6 Å². The van der Waals surface area contributed by atoms with E-state index in [1.807, 2.05) is 6.07 Å². The lowest BCUT2D eigenvalue weighted by Gasteiger charge is -2.26. The standard InChI is InChI=1S/C14H19BrN2O3/c1-20-14-12(15)9-11(10-13(14)17(18)19)5-8-16-6-3-2-4-7-16/h9-10H,2-8H2,1H3. The summed E-state index contributed by atoms with van der Waals surface area (Å²) in [5.41, 5.74) is 0.991. The van der Waals surface area contributed by atoms with Crippen LogP contribution in [-0.2, 0) is 6.42 Å². The molecule has 1 fully saturated rings. The molecule has 1 aliphatic heterocycles. The maximum absolute atomic E-state index is 11.1. The minimum Gasteiger partial charge on any atom is -0.489 e. The van der Waals surface area contributed by atoms with Crippen molar-refractivity contribution in [1.82, 2.24) is 4.90 Å². The van der Waals surface area contributed by atoms with Crippen LogP contribution < -0.4 is 4.74 Å². The Morgan fingerprint density at radius 3 is 2.65 bits per heavy atom. The average molecular weight is 343 g/mol. The molecule has 0 aromatic heterocycles. The number of ether oxygens (including phenoxy) is 1. The van der Waals surface area contributed by atoms with Gasteiger partial charge >= 0.3 is 5.69 Å². The summed E-state index contributed by atoms with van der Waals surface area (Å²) in [6.07, 6.45) is 4.65. The predicted octanol–water partition coefficient (Wildman–Crippen LogP) is 3.39. The fourth-order valence-electron chi connectivity index (χ4n) is 2.59. The summed E-state index contributed by atoms with van der Waals surface area (Å²) in [5, 5.41) is 11.1. The van der Waals surface area contributed by atoms with Gasteiger partial charge in [-0.2, -0.15) is 0 Å². The highest BCUT2D eigenvalue weighted by Gasteiger charge is 2.20. The second-order valence-electron chi connectivity index (χ2n) is 5.04. The van der Waals surface area contributed by atoms with E-state index in [0.717, 1.165) is 31.6 Å². The molecule has 0 radical (unpaired) electrons. The molecule has 0 saturated carbocycles. The van der Waals surface area contributed by atoms with Gasteiger partial charge in [0.2, 0.25) is 5.75 Å². The second kappa shape index (κ2) is 7.04. The number of nitrogens with zero attached hydrogens (tertiary/aromatic N) is 2. The third-order valence-corrected chi connectivity index (χ3v) is 4.24. The van der Waals surface area contributed by atoms with E-state index in [-0.39, 0.29) is 11.4 Å². The Hall–Kier alpha value is -1.14. The van der Waals surface area contributed by atoms with Gasteiger partial charge in [-0.3, -0.25) is 10.1 Å². The minimum atomic E-state index is -0.395. The fourth-order valence-corrected chi connectivity index (χ4v) is 3.24. The molecule has 2 rings (SSSR count). The summed E-state index contributed by atoms with van der Waals surface area (Å²) < 4.78 is 5.73. The minimum absolute atomic E-state index is 0.0236. The molecule has 1 aromatic carbocycles. The van der Waals surface area contributed by atoms with Crippen molar-refractivity contribution in [2.24, 2.45) is 0 Å². The van der Waals surface area contributed by atoms with E-state index >= 15 is 0 Å². The Balaban J connectivity index is 2.09. The number of hydrogen-bond acceptors (Lipinski definition) is 4. The van der Waals surface area contributed by atoms with E-state index in [1.54, 1.807) is 6.07 Å². The molecule has 5 nitrogen and oxygen atoms in total. The van der Waals surface area contributed by atoms with Crippen molar-refractivity contribution in [2.45, 2.75) is 25.7 Å². The van der Waals surface area contributed by atoms with Crippen LogP contribution in [0.25, 0.3) is 0 Å². The summed E-state index contributed by atoms with van der Waals surface area (Å²) >= 11 is 3.35. The third kappa shape index (κ3) is 3.70. The molecule has 0 bridgehead atoms. The van der Waals surface area contributed by atoms with Crippen molar-refractivity contribution >= 4 is 21.6 Å². The van der Waals surface area contributed by atoms with Crippen molar-refractivity contribution in [3.8, 4) is 5.75 Å². The molecule has 0 unspecified atom stereocenters. The van der Waals surface area contributed by atoms with E-state index in [0.29, 0.717) is 4.47 Å². The molecule has 1 aliphatic rings. The van der Waals surface area contributed by atoms with E-state index in [9.17, 15) is 10.1 Å². The van der Waals surface area contributed by atoms with Crippen LogP contribution in [-0.4, -0.2) is 36.6 Å². The molecule has 6 heteroatoms. The number of benzene rings is 1. The molecule has 0 spiro atoms. The fraction of sp³-hybridized carbons (Fsp3) is 0.571. The highest BCUT2D eigenvalue weighted by atomic mass is 79.9. The number of hydrogen-bond donors (Lipinski definition) is 0. The quantitative estimate of drug-likeness (QED) is 0.607. The van der Waals surface area contributed by atoms with Gasteiger partial charge < -0.3 is 9.64 Å². The first kappa shape index (κ1) is 15.3. The van der Waals surface area contributed by atoms with Gasteiger partial charge in [-0.25, -0.2) is 0 Å². The van der Waals surface area contributed by atoms with E-state index in [1.165, 1.54) is 26.4 Å². The monoisotopic (exact) mass is 342 g/mol. The molecule has 0 atom stereocenters. The SMILES string of the molecule is COc1c(Br)cc(CCN2CCCCC2)cc1[N+](=O)[O-]. The lowest BCUT2D eigenvalue weighted by atomic mass is 10.1. The number of piperidine rings is 1. The van der Waals surface area contributed by atoms with Crippen LogP contribution in [0.2, 0.25) is 0 Å². The van der Waals surface area contributed by atoms with Crippen molar-refractivity contribution in [1.29, 1.82) is 0 Å². The van der Waals surface area contributed by atoms with Crippen molar-refractivity contribution in [3.05, 3.63) is 32.3 Å². The lowest BCUT2D eigenvalue weighted by molar-refractivity contribution is -0.385. The Morgan fingerprint density at radius 2 is 2.05 bits per heavy atom. The first-order valence-electron chi connectivity index (χ1n) is 6.85. The maximum Gasteiger partial charge on any atom is 0.312 e. The van der Waals surface area contributed by atoms with Crippen molar-refractivity contribution in [3.63, 3.8) is 0 Å². The van der Waals surface area contributed by atoms with Crippen LogP contribution in [0.15, 0.2) is 16.6 Å². The Morgan fingerprint density at radius 1 is 1.35 bits per heavy atom. The summed E-state index contributed by atoms with van der Waals surface area (Å²) in [4.78, 5) is 13.1. The Bertz CT molecular complexity index is 488. The summed E-state index contributed by atoms with van der Waals surface area (Å²) in [7, 11) is 1.44. The van der Waals surface area contributed by atoms with Crippen LogP contribution in [0, 0.1) is 10.1 Å². The maximum atomic E-state index is 11.1. The zero-order valence-electron chi connectivity index (χ0n) is 11.6. The van der Waals surface area contributed by atoms with Gasteiger partial charge in [-0.05, 0) is 59.9 Å². The van der Waals surface area contributed by atoms with Crippen LogP contribution in [0.3, 0.4) is 0 Å². The zero-order chi connectivity index (χ0) is 14.5. The van der Waals surface area contributed by atoms with Gasteiger partial charge in [-0.1, -0.05) is 6.42 Å². The number of methoxy groups -OCH3 is 1. The van der Waals surface area contributed by atoms with Gasteiger partial charge in [0.1, 0.15) is 0 Å². The highest BCUT2D eigenvalue weighted by molar-refractivity contribution is 9.10. The van der Waals surface area contributed by atoms with Gasteiger partial charge in [0.25, 0.3) is 0 Å². The molecule has 20 heavy (non-hydrogen) atoms. The first-order valence-corrected chi connectivity index (χ1v) is 7.64. The number of rotatable bonds is 5. The van der Waals surface area contributed by atoms with Gasteiger partial charge in [0.15, 0.2) is 0 Å². The molecule has 1 heterocycles. The van der Waals surface area contributed by atoms with Crippen molar-refractivity contribution in [2.75, 3.05) is 26.7 Å². The van der Waals surface area contributed by atoms with Gasteiger partial charge in [0.05, 0.1) is 16.5 Å². The average Bonchev–Trinajstić information content (AvgIpc) is 2.45. The first-order chi connectivity index (χ1) is 9.61. The van der Waals surface area contributed by atoms with Crippen LogP contribution in [0.1, 0.15) is 24.8 Å². The van der Waals surface area contributed by atoms with Crippen molar-refractivity contribution < 1.29 is 9.66 Å². The van der Waals surface area contributed by atoms with Gasteiger partial charge in [0, 0.05) is 12.6 Å². The predicted molar refractivity (Wildman–Crippen MR) is 81.3 cm³/mol. The molecular formula is C14H19BrN2O3. The normalized spacial score (nSPS) is 16.1. The van der Waals surface area contributed by atoms with Crippen LogP contribution in [0.4, 0.5) is 5.69 Å². The molecule has 110 valence electrons. The Labute approximate surface area is 127 Å². The van der Waals surface area contributed by atoms with E-state index < -0.39 is 4.92 Å². The molecular weight excluding hydrogens is 324 g/mol. The summed E-state index contributed by atoms with van der Waals surface area (Å²) in [5.74, 6) is 0.289. The molecule has 1 aromatic rings. The van der Waals surface area contributed by atoms with E-state index in [2.05, 4.69) is 20.8 Å². The molecule has 0 aliphatic carbocycles. The lowest BCUT2D eigenvalue weighted by Crippen LogP contribution is -2.31. The zero-order valence-corrected chi connectivity index (χ0v) is 13.2. The smallest absolute Gasteiger partial charge is 0.312 e. The number of nitro groups is 1. The second-order valence-corrected chi connectivity index (χ2v) is 5.89. The number of likely N-dealkylation sites (tertiary alicyclic amines) is 1. The Kier molecular flexibility index (Phi) is 5.37. The van der Waals surface area contributed by atoms with E-state index in [4.69, 9.17) is 4.74 Å². The summed E-state index contributed by atoms with van der Waals surface area (Å²) in [6.45, 7) is 3.23. The van der Waals surface area contributed by atoms with Crippen LogP contribution >= 0.6 is 15.9 Å². The van der Waals surface area contributed by atoms with Gasteiger partial charge in [-0.15, -0.1) is 0 Å². The van der Waals surface area contributed by atoms with Crippen LogP contribution in [0.5, 0.6) is 5.75 Å². The number of nitro benzene ring substituents is 1. The molecule has 0 amide bonds. The summed E-state index contributed by atoms with van der Waals surface area (Å²) in [6, 6.07) is 3.53. The largest absolute Gasteiger partial charge is 0.489 e.